The molecule has 5 nitrogen and oxygen atoms in total. The molecule has 0 saturated carbocycles. The highest BCUT2D eigenvalue weighted by molar-refractivity contribution is 5.80. The van der Waals surface area contributed by atoms with Crippen LogP contribution in [0.1, 0.15) is 31.2 Å². The fourth-order valence-electron chi connectivity index (χ4n) is 3.57. The smallest absolute Gasteiger partial charge is 0.303 e. The molecule has 2 heterocycles. The Morgan fingerprint density at radius 3 is 2.96 bits per heavy atom. The van der Waals surface area contributed by atoms with Gasteiger partial charge in [-0.25, -0.2) is 0 Å². The number of piperidine rings is 1. The van der Waals surface area contributed by atoms with Gasteiger partial charge in [0.15, 0.2) is 0 Å². The van der Waals surface area contributed by atoms with Crippen LogP contribution in [-0.2, 0) is 16.0 Å². The number of nitrogens with zero attached hydrogens (tertiary/aromatic N) is 1. The second-order valence-corrected chi connectivity index (χ2v) is 6.54. The van der Waals surface area contributed by atoms with E-state index in [4.69, 9.17) is 9.84 Å². The van der Waals surface area contributed by atoms with Crippen LogP contribution >= 0.6 is 0 Å². The molecule has 1 amide bonds. The second-order valence-electron chi connectivity index (χ2n) is 6.54. The van der Waals surface area contributed by atoms with E-state index in [2.05, 4.69) is 0 Å². The zero-order valence-electron chi connectivity index (χ0n) is 13.2. The lowest BCUT2D eigenvalue weighted by Crippen LogP contribution is -2.45. The molecule has 2 unspecified atom stereocenters. The maximum absolute atomic E-state index is 12.8. The summed E-state index contributed by atoms with van der Waals surface area (Å²) in [4.78, 5) is 25.4. The topological polar surface area (TPSA) is 66.8 Å². The third kappa shape index (κ3) is 3.84. The Kier molecular flexibility index (Phi) is 4.84. The Hall–Kier alpha value is -2.04. The molecule has 1 saturated heterocycles. The Balaban J connectivity index is 1.59. The van der Waals surface area contributed by atoms with Gasteiger partial charge in [0.1, 0.15) is 12.4 Å². The number of aliphatic carboxylic acids is 1. The summed E-state index contributed by atoms with van der Waals surface area (Å²) in [6.45, 7) is 1.90. The summed E-state index contributed by atoms with van der Waals surface area (Å²) in [6.07, 6.45) is 3.54. The van der Waals surface area contributed by atoms with Crippen molar-refractivity contribution in [2.45, 2.75) is 32.1 Å². The lowest BCUT2D eigenvalue weighted by atomic mass is 9.90. The zero-order valence-corrected chi connectivity index (χ0v) is 13.2. The Morgan fingerprint density at radius 1 is 1.30 bits per heavy atom. The normalized spacial score (nSPS) is 23.7. The van der Waals surface area contributed by atoms with Crippen molar-refractivity contribution in [3.05, 3.63) is 29.8 Å². The molecule has 0 spiro atoms. The van der Waals surface area contributed by atoms with Crippen molar-refractivity contribution < 1.29 is 19.4 Å². The largest absolute Gasteiger partial charge is 0.492 e. The van der Waals surface area contributed by atoms with Gasteiger partial charge in [0.25, 0.3) is 0 Å². The number of para-hydroxylation sites is 1. The molecule has 3 rings (SSSR count). The number of rotatable bonds is 4. The number of carboxylic acid groups (broad SMARTS) is 1. The summed E-state index contributed by atoms with van der Waals surface area (Å²) >= 11 is 0. The minimum atomic E-state index is -0.759. The molecule has 0 radical (unpaired) electrons. The van der Waals surface area contributed by atoms with Gasteiger partial charge in [-0.2, -0.15) is 0 Å². The maximum atomic E-state index is 12.8. The summed E-state index contributed by atoms with van der Waals surface area (Å²) in [5.41, 5.74) is 1.09. The molecule has 2 atom stereocenters. The van der Waals surface area contributed by atoms with Gasteiger partial charge in [-0.1, -0.05) is 18.2 Å². The van der Waals surface area contributed by atoms with E-state index in [-0.39, 0.29) is 18.2 Å². The Bertz CT molecular complexity index is 586. The van der Waals surface area contributed by atoms with Gasteiger partial charge in [-0.3, -0.25) is 9.59 Å². The van der Waals surface area contributed by atoms with Gasteiger partial charge >= 0.3 is 5.97 Å². The van der Waals surface area contributed by atoms with E-state index >= 15 is 0 Å². The van der Waals surface area contributed by atoms with E-state index in [1.165, 1.54) is 0 Å². The van der Waals surface area contributed by atoms with E-state index in [1.54, 1.807) is 0 Å². The van der Waals surface area contributed by atoms with Gasteiger partial charge in [0.05, 0.1) is 5.92 Å². The molecule has 5 heteroatoms. The highest BCUT2D eigenvalue weighted by atomic mass is 16.5. The average molecular weight is 317 g/mol. The van der Waals surface area contributed by atoms with Crippen LogP contribution in [0.4, 0.5) is 0 Å². The summed E-state index contributed by atoms with van der Waals surface area (Å²) in [5, 5.41) is 8.82. The number of hydrogen-bond donors (Lipinski definition) is 1. The third-order valence-corrected chi connectivity index (χ3v) is 4.83. The molecule has 1 N–H and O–H groups in total. The first kappa shape index (κ1) is 15.8. The van der Waals surface area contributed by atoms with Gasteiger partial charge in [-0.05, 0) is 43.2 Å². The number of hydrogen-bond acceptors (Lipinski definition) is 3. The van der Waals surface area contributed by atoms with E-state index in [9.17, 15) is 9.59 Å². The molecule has 2 aliphatic rings. The maximum Gasteiger partial charge on any atom is 0.303 e. The SMILES string of the molecule is O=C(O)CCC1CCCN(C(=O)C2COc3ccccc3C2)C1. The predicted molar refractivity (Wildman–Crippen MR) is 85.3 cm³/mol. The van der Waals surface area contributed by atoms with Crippen LogP contribution < -0.4 is 4.74 Å². The van der Waals surface area contributed by atoms with Crippen LogP contribution in [0.3, 0.4) is 0 Å². The van der Waals surface area contributed by atoms with E-state index in [0.29, 0.717) is 25.5 Å². The van der Waals surface area contributed by atoms with Gasteiger partial charge in [0, 0.05) is 19.5 Å². The summed E-state index contributed by atoms with van der Waals surface area (Å²) < 4.78 is 5.73. The third-order valence-electron chi connectivity index (χ3n) is 4.83. The van der Waals surface area contributed by atoms with Crippen LogP contribution in [0.5, 0.6) is 5.75 Å². The number of carbonyl (C=O) groups excluding carboxylic acids is 1. The quantitative estimate of drug-likeness (QED) is 0.925. The fraction of sp³-hybridized carbons (Fsp3) is 0.556. The number of benzene rings is 1. The molecular weight excluding hydrogens is 294 g/mol. The first-order chi connectivity index (χ1) is 11.1. The van der Waals surface area contributed by atoms with Crippen LogP contribution in [-0.4, -0.2) is 41.6 Å². The Morgan fingerprint density at radius 2 is 2.13 bits per heavy atom. The molecule has 0 aromatic heterocycles. The number of amides is 1. The number of fused-ring (bicyclic) bond motifs is 1. The Labute approximate surface area is 136 Å². The molecule has 23 heavy (non-hydrogen) atoms. The molecule has 1 fully saturated rings. The number of carbonyl (C=O) groups is 2. The molecule has 0 aliphatic carbocycles. The summed E-state index contributed by atoms with van der Waals surface area (Å²) in [6, 6.07) is 7.87. The van der Waals surface area contributed by atoms with E-state index in [1.807, 2.05) is 29.2 Å². The lowest BCUT2D eigenvalue weighted by molar-refractivity contribution is -0.139. The molecule has 124 valence electrons. The highest BCUT2D eigenvalue weighted by Gasteiger charge is 2.32. The van der Waals surface area contributed by atoms with Crippen molar-refractivity contribution in [2.24, 2.45) is 11.8 Å². The average Bonchev–Trinajstić information content (AvgIpc) is 2.59. The van der Waals surface area contributed by atoms with Crippen LogP contribution in [0.25, 0.3) is 0 Å². The first-order valence-corrected chi connectivity index (χ1v) is 8.35. The fourth-order valence-corrected chi connectivity index (χ4v) is 3.57. The van der Waals surface area contributed by atoms with Gasteiger partial charge in [-0.15, -0.1) is 0 Å². The van der Waals surface area contributed by atoms with E-state index < -0.39 is 5.97 Å². The van der Waals surface area contributed by atoms with Crippen molar-refractivity contribution in [1.29, 1.82) is 0 Å². The summed E-state index contributed by atoms with van der Waals surface area (Å²) in [7, 11) is 0. The minimum absolute atomic E-state index is 0.122. The zero-order chi connectivity index (χ0) is 16.2. The number of carboxylic acids is 1. The number of likely N-dealkylation sites (tertiary alicyclic amines) is 1. The highest BCUT2D eigenvalue weighted by Crippen LogP contribution is 2.29. The first-order valence-electron chi connectivity index (χ1n) is 8.35. The standard InChI is InChI=1S/C18H23NO4/c20-17(21)8-7-13-4-3-9-19(11-13)18(22)15-10-14-5-1-2-6-16(14)23-12-15/h1-2,5-6,13,15H,3-4,7-12H2,(H,20,21). The van der Waals surface area contributed by atoms with Crippen molar-refractivity contribution in [2.75, 3.05) is 19.7 Å². The van der Waals surface area contributed by atoms with E-state index in [0.717, 1.165) is 37.1 Å². The monoisotopic (exact) mass is 317 g/mol. The van der Waals surface area contributed by atoms with Crippen LogP contribution in [0.2, 0.25) is 0 Å². The summed E-state index contributed by atoms with van der Waals surface area (Å²) in [5.74, 6) is 0.462. The molecule has 1 aromatic rings. The molecular formula is C18H23NO4. The second kappa shape index (κ2) is 7.02. The van der Waals surface area contributed by atoms with Crippen molar-refractivity contribution >= 4 is 11.9 Å². The van der Waals surface area contributed by atoms with Gasteiger partial charge in [0.2, 0.25) is 5.91 Å². The van der Waals surface area contributed by atoms with Gasteiger partial charge < -0.3 is 14.7 Å². The number of ether oxygens (including phenoxy) is 1. The minimum Gasteiger partial charge on any atom is -0.492 e. The lowest BCUT2D eigenvalue weighted by Gasteiger charge is -2.36. The van der Waals surface area contributed by atoms with Crippen LogP contribution in [0, 0.1) is 11.8 Å². The van der Waals surface area contributed by atoms with Crippen LogP contribution in [0.15, 0.2) is 24.3 Å². The predicted octanol–water partition coefficient (Wildman–Crippen LogP) is 2.34. The van der Waals surface area contributed by atoms with Crippen molar-refractivity contribution in [3.8, 4) is 5.75 Å². The van der Waals surface area contributed by atoms with Crippen molar-refractivity contribution in [1.82, 2.24) is 4.90 Å². The molecule has 2 aliphatic heterocycles. The molecule has 0 bridgehead atoms. The van der Waals surface area contributed by atoms with Crippen molar-refractivity contribution in [3.63, 3.8) is 0 Å². The molecule has 1 aromatic carbocycles.